The zero-order valence-electron chi connectivity index (χ0n) is 10.4. The molecule has 2 heterocycles. The highest BCUT2D eigenvalue weighted by Gasteiger charge is 2.11. The summed E-state index contributed by atoms with van der Waals surface area (Å²) in [7, 11) is 0. The van der Waals surface area contributed by atoms with Gasteiger partial charge in [-0.15, -0.1) is 10.2 Å². The molecule has 0 aromatic carbocycles. The normalized spacial score (nSPS) is 11.3. The van der Waals surface area contributed by atoms with Gasteiger partial charge >= 0.3 is 0 Å². The summed E-state index contributed by atoms with van der Waals surface area (Å²) in [5.41, 5.74) is 1.10. The lowest BCUT2D eigenvalue weighted by Crippen LogP contribution is -2.24. The summed E-state index contributed by atoms with van der Waals surface area (Å²) in [5, 5.41) is 13.6. The summed E-state index contributed by atoms with van der Waals surface area (Å²) in [4.78, 5) is 0. The monoisotopic (exact) mass is 251 g/mol. The van der Waals surface area contributed by atoms with Gasteiger partial charge in [-0.2, -0.15) is 0 Å². The predicted molar refractivity (Wildman–Crippen MR) is 69.2 cm³/mol. The first kappa shape index (κ1) is 12.3. The van der Waals surface area contributed by atoms with Gasteiger partial charge in [-0.05, 0) is 18.6 Å². The van der Waals surface area contributed by atoms with Crippen LogP contribution in [0.1, 0.15) is 24.4 Å². The first-order chi connectivity index (χ1) is 8.16. The second-order valence-electron chi connectivity index (χ2n) is 4.29. The molecule has 0 aliphatic rings. The Morgan fingerprint density at radius 3 is 2.88 bits per heavy atom. The fourth-order valence-corrected chi connectivity index (χ4v) is 2.40. The molecule has 0 bridgehead atoms. The average molecular weight is 251 g/mol. The Balaban J connectivity index is 1.99. The highest BCUT2D eigenvalue weighted by molar-refractivity contribution is 7.14. The molecule has 0 spiro atoms. The Labute approximate surface area is 105 Å². The molecule has 4 nitrogen and oxygen atoms in total. The Morgan fingerprint density at radius 1 is 1.41 bits per heavy atom. The second kappa shape index (κ2) is 5.42. The third-order valence-corrected chi connectivity index (χ3v) is 3.40. The van der Waals surface area contributed by atoms with Crippen molar-refractivity contribution in [3.8, 4) is 10.8 Å². The fraction of sp³-hybridized carbons (Fsp3) is 0.500. The number of rotatable bonds is 5. The maximum Gasteiger partial charge on any atom is 0.183 e. The van der Waals surface area contributed by atoms with Crippen molar-refractivity contribution in [2.24, 2.45) is 0 Å². The van der Waals surface area contributed by atoms with Gasteiger partial charge < -0.3 is 9.73 Å². The van der Waals surface area contributed by atoms with Gasteiger partial charge in [-0.25, -0.2) is 0 Å². The van der Waals surface area contributed by atoms with Crippen LogP contribution in [0.4, 0.5) is 0 Å². The lowest BCUT2D eigenvalue weighted by Gasteiger charge is -2.04. The summed E-state index contributed by atoms with van der Waals surface area (Å²) in [6.45, 7) is 7.22. The molecule has 2 aromatic rings. The van der Waals surface area contributed by atoms with Crippen molar-refractivity contribution >= 4 is 11.3 Å². The summed E-state index contributed by atoms with van der Waals surface area (Å²) < 4.78 is 5.40. The molecule has 0 saturated heterocycles. The van der Waals surface area contributed by atoms with Gasteiger partial charge in [-0.3, -0.25) is 0 Å². The van der Waals surface area contributed by atoms with E-state index >= 15 is 0 Å². The first-order valence-corrected chi connectivity index (χ1v) is 6.58. The highest BCUT2D eigenvalue weighted by atomic mass is 32.1. The number of hydrogen-bond donors (Lipinski definition) is 1. The van der Waals surface area contributed by atoms with Crippen molar-refractivity contribution in [3.63, 3.8) is 0 Å². The van der Waals surface area contributed by atoms with Crippen LogP contribution in [0.2, 0.25) is 0 Å². The maximum atomic E-state index is 5.40. The summed E-state index contributed by atoms with van der Waals surface area (Å²) in [6.07, 6.45) is 2.60. The van der Waals surface area contributed by atoms with Gasteiger partial charge in [0.15, 0.2) is 10.8 Å². The quantitative estimate of drug-likeness (QED) is 0.887. The van der Waals surface area contributed by atoms with Crippen molar-refractivity contribution in [1.29, 1.82) is 0 Å². The van der Waals surface area contributed by atoms with E-state index in [0.717, 1.165) is 34.3 Å². The SMILES string of the molecule is Cc1ccoc1-c1nnc(CCNC(C)C)s1. The van der Waals surface area contributed by atoms with E-state index in [-0.39, 0.29) is 0 Å². The molecule has 0 unspecified atom stereocenters. The molecule has 0 atom stereocenters. The predicted octanol–water partition coefficient (Wildman–Crippen LogP) is 2.65. The van der Waals surface area contributed by atoms with Crippen LogP contribution in [-0.4, -0.2) is 22.8 Å². The highest BCUT2D eigenvalue weighted by Crippen LogP contribution is 2.27. The zero-order chi connectivity index (χ0) is 12.3. The van der Waals surface area contributed by atoms with E-state index in [9.17, 15) is 0 Å². The number of aryl methyl sites for hydroxylation is 1. The lowest BCUT2D eigenvalue weighted by atomic mass is 10.3. The van der Waals surface area contributed by atoms with Crippen LogP contribution in [0, 0.1) is 6.92 Å². The molecule has 0 amide bonds. The number of hydrogen-bond acceptors (Lipinski definition) is 5. The zero-order valence-corrected chi connectivity index (χ0v) is 11.2. The summed E-state index contributed by atoms with van der Waals surface area (Å²) in [6, 6.07) is 2.45. The minimum atomic E-state index is 0.509. The minimum absolute atomic E-state index is 0.509. The molecule has 0 saturated carbocycles. The van der Waals surface area contributed by atoms with E-state index in [2.05, 4.69) is 29.4 Å². The first-order valence-electron chi connectivity index (χ1n) is 5.77. The average Bonchev–Trinajstić information content (AvgIpc) is 2.86. The van der Waals surface area contributed by atoms with Crippen molar-refractivity contribution in [1.82, 2.24) is 15.5 Å². The van der Waals surface area contributed by atoms with Crippen LogP contribution in [0.3, 0.4) is 0 Å². The van der Waals surface area contributed by atoms with Gasteiger partial charge in [0.2, 0.25) is 0 Å². The molecule has 0 fully saturated rings. The number of nitrogens with one attached hydrogen (secondary N) is 1. The topological polar surface area (TPSA) is 51.0 Å². The molecular formula is C12H17N3OS. The van der Waals surface area contributed by atoms with Crippen LogP contribution in [0.15, 0.2) is 16.7 Å². The molecule has 1 N–H and O–H groups in total. The molecule has 2 rings (SSSR count). The Bertz CT molecular complexity index is 476. The van der Waals surface area contributed by atoms with Crippen LogP contribution < -0.4 is 5.32 Å². The lowest BCUT2D eigenvalue weighted by molar-refractivity contribution is 0.579. The Morgan fingerprint density at radius 2 is 2.24 bits per heavy atom. The van der Waals surface area contributed by atoms with Crippen molar-refractivity contribution in [2.45, 2.75) is 33.2 Å². The van der Waals surface area contributed by atoms with Gasteiger partial charge in [-0.1, -0.05) is 25.2 Å². The summed E-state index contributed by atoms with van der Waals surface area (Å²) >= 11 is 1.60. The fourth-order valence-electron chi connectivity index (χ4n) is 1.51. The van der Waals surface area contributed by atoms with E-state index < -0.39 is 0 Å². The largest absolute Gasteiger partial charge is 0.461 e. The number of furan rings is 1. The number of nitrogens with zero attached hydrogens (tertiary/aromatic N) is 2. The summed E-state index contributed by atoms with van der Waals surface area (Å²) in [5.74, 6) is 0.838. The molecular weight excluding hydrogens is 234 g/mol. The van der Waals surface area contributed by atoms with Gasteiger partial charge in [0.25, 0.3) is 0 Å². The molecule has 17 heavy (non-hydrogen) atoms. The smallest absolute Gasteiger partial charge is 0.183 e. The standard InChI is InChI=1S/C12H17N3OS/c1-8(2)13-6-4-10-14-15-12(17-10)11-9(3)5-7-16-11/h5,7-8,13H,4,6H2,1-3H3. The van der Waals surface area contributed by atoms with Crippen molar-refractivity contribution in [2.75, 3.05) is 6.54 Å². The van der Waals surface area contributed by atoms with Crippen molar-refractivity contribution in [3.05, 3.63) is 22.9 Å². The van der Waals surface area contributed by atoms with Crippen LogP contribution in [-0.2, 0) is 6.42 Å². The van der Waals surface area contributed by atoms with E-state index in [1.165, 1.54) is 0 Å². The Kier molecular flexibility index (Phi) is 3.91. The third kappa shape index (κ3) is 3.14. The minimum Gasteiger partial charge on any atom is -0.461 e. The van der Waals surface area contributed by atoms with Crippen LogP contribution in [0.25, 0.3) is 10.8 Å². The molecule has 2 aromatic heterocycles. The molecule has 0 aliphatic heterocycles. The van der Waals surface area contributed by atoms with Crippen LogP contribution >= 0.6 is 11.3 Å². The second-order valence-corrected chi connectivity index (χ2v) is 5.35. The molecule has 5 heteroatoms. The van der Waals surface area contributed by atoms with E-state index in [1.807, 2.05) is 13.0 Å². The molecule has 0 radical (unpaired) electrons. The number of aromatic nitrogens is 2. The van der Waals surface area contributed by atoms with Crippen LogP contribution in [0.5, 0.6) is 0 Å². The van der Waals surface area contributed by atoms with Gasteiger partial charge in [0.1, 0.15) is 5.01 Å². The van der Waals surface area contributed by atoms with E-state index in [1.54, 1.807) is 17.6 Å². The molecule has 92 valence electrons. The van der Waals surface area contributed by atoms with Gasteiger partial charge in [0.05, 0.1) is 6.26 Å². The van der Waals surface area contributed by atoms with Crippen molar-refractivity contribution < 1.29 is 4.42 Å². The van der Waals surface area contributed by atoms with E-state index in [0.29, 0.717) is 6.04 Å². The van der Waals surface area contributed by atoms with Gasteiger partial charge in [0, 0.05) is 19.0 Å². The third-order valence-electron chi connectivity index (χ3n) is 2.41. The van der Waals surface area contributed by atoms with E-state index in [4.69, 9.17) is 4.42 Å². The molecule has 0 aliphatic carbocycles. The Hall–Kier alpha value is -1.20. The maximum absolute atomic E-state index is 5.40.